The highest BCUT2D eigenvalue weighted by molar-refractivity contribution is 7.47. The van der Waals surface area contributed by atoms with Crippen LogP contribution in [0, 0.1) is 55.4 Å². The fourth-order valence-electron chi connectivity index (χ4n) is 6.08. The van der Waals surface area contributed by atoms with E-state index in [4.69, 9.17) is 22.6 Å². The molecule has 266 valence electrons. The standard InChI is InChI=1S/C45H46O5P2/c1-30-25-36(7)40(29-51(46-41-21-13-9-17-32(41)3)47-42-22-14-10-18-33(42)4)38(27-30)39-28-31(2)26-37(8)45(39)50-52(48-43-23-15-11-19-34(43)5)49-44-24-16-12-20-35(44)6/h9-28H,29H2,1-8H3. The third-order valence-corrected chi connectivity index (χ3v) is 11.3. The van der Waals surface area contributed by atoms with Gasteiger partial charge in [-0.2, -0.15) is 0 Å². The van der Waals surface area contributed by atoms with Gasteiger partial charge in [-0.25, -0.2) is 0 Å². The van der Waals surface area contributed by atoms with Crippen LogP contribution < -0.4 is 22.6 Å². The molecule has 0 spiro atoms. The van der Waals surface area contributed by atoms with E-state index in [1.165, 1.54) is 0 Å². The molecule has 0 saturated heterocycles. The molecule has 5 nitrogen and oxygen atoms in total. The lowest BCUT2D eigenvalue weighted by Crippen LogP contribution is -2.07. The Morgan fingerprint density at radius 3 is 1.21 bits per heavy atom. The van der Waals surface area contributed by atoms with Crippen molar-refractivity contribution in [1.29, 1.82) is 0 Å². The first-order chi connectivity index (χ1) is 25.0. The highest BCUT2D eigenvalue weighted by Crippen LogP contribution is 2.51. The Kier molecular flexibility index (Phi) is 11.9. The molecule has 0 fully saturated rings. The van der Waals surface area contributed by atoms with Crippen molar-refractivity contribution in [2.45, 2.75) is 61.6 Å². The lowest BCUT2D eigenvalue weighted by Gasteiger charge is -2.25. The maximum atomic E-state index is 6.93. The first-order valence-corrected chi connectivity index (χ1v) is 19.9. The molecule has 6 aromatic carbocycles. The minimum Gasteiger partial charge on any atom is -0.438 e. The Balaban J connectivity index is 1.44. The summed E-state index contributed by atoms with van der Waals surface area (Å²) in [4.78, 5) is 0. The maximum absolute atomic E-state index is 6.93. The molecule has 0 atom stereocenters. The molecule has 52 heavy (non-hydrogen) atoms. The molecule has 0 amide bonds. The topological polar surface area (TPSA) is 46.2 Å². The highest BCUT2D eigenvalue weighted by atomic mass is 31.2. The van der Waals surface area contributed by atoms with Gasteiger partial charge in [0, 0.05) is 5.56 Å². The molecule has 0 bridgehead atoms. The first-order valence-electron chi connectivity index (χ1n) is 17.5. The third kappa shape index (κ3) is 8.96. The Morgan fingerprint density at radius 2 is 0.769 bits per heavy atom. The second-order valence-corrected chi connectivity index (χ2v) is 15.6. The van der Waals surface area contributed by atoms with Crippen LogP contribution in [0.4, 0.5) is 0 Å². The van der Waals surface area contributed by atoms with Crippen LogP contribution in [0.1, 0.15) is 50.1 Å². The Labute approximate surface area is 311 Å². The number of aryl methyl sites for hydroxylation is 8. The summed E-state index contributed by atoms with van der Waals surface area (Å²) in [7, 11) is -3.37. The number of rotatable bonds is 13. The van der Waals surface area contributed by atoms with E-state index in [0.717, 1.165) is 72.7 Å². The molecule has 6 rings (SSSR count). The quantitative estimate of drug-likeness (QED) is 0.111. The first kappa shape index (κ1) is 37.0. The summed E-state index contributed by atoms with van der Waals surface area (Å²) in [6.45, 7) is 16.7. The van der Waals surface area contributed by atoms with Crippen molar-refractivity contribution in [2.24, 2.45) is 0 Å². The molecule has 0 N–H and O–H groups in total. The van der Waals surface area contributed by atoms with Crippen molar-refractivity contribution in [1.82, 2.24) is 0 Å². The van der Waals surface area contributed by atoms with Crippen LogP contribution >= 0.6 is 17.0 Å². The fourth-order valence-corrected chi connectivity index (χ4v) is 9.01. The Hall–Kier alpha value is -4.82. The van der Waals surface area contributed by atoms with Crippen LogP contribution in [0.25, 0.3) is 11.1 Å². The number of benzene rings is 6. The van der Waals surface area contributed by atoms with Gasteiger partial charge in [0.15, 0.2) is 0 Å². The van der Waals surface area contributed by atoms with Crippen molar-refractivity contribution >= 4 is 17.0 Å². The number of hydrogen-bond donors (Lipinski definition) is 0. The van der Waals surface area contributed by atoms with Crippen LogP contribution in [-0.2, 0) is 6.16 Å². The smallest absolute Gasteiger partial charge is 0.438 e. The maximum Gasteiger partial charge on any atom is 0.530 e. The molecule has 0 aromatic heterocycles. The molecule has 0 heterocycles. The van der Waals surface area contributed by atoms with E-state index < -0.39 is 17.0 Å². The van der Waals surface area contributed by atoms with Crippen LogP contribution in [0.2, 0.25) is 0 Å². The molecule has 0 unspecified atom stereocenters. The monoisotopic (exact) mass is 728 g/mol. The van der Waals surface area contributed by atoms with Gasteiger partial charge in [0.2, 0.25) is 0 Å². The van der Waals surface area contributed by atoms with Crippen molar-refractivity contribution in [3.8, 4) is 39.9 Å². The summed E-state index contributed by atoms with van der Waals surface area (Å²) in [6, 6.07) is 40.9. The van der Waals surface area contributed by atoms with Gasteiger partial charge in [-0.05, 0) is 136 Å². The normalized spacial score (nSPS) is 11.1. The largest absolute Gasteiger partial charge is 0.530 e. The number of para-hydroxylation sites is 4. The summed E-state index contributed by atoms with van der Waals surface area (Å²) in [5.41, 5.74) is 11.7. The predicted octanol–water partition coefficient (Wildman–Crippen LogP) is 13.6. The molecular weight excluding hydrogens is 682 g/mol. The molecule has 6 aromatic rings. The minimum atomic E-state index is -1.92. The minimum absolute atomic E-state index is 0.556. The van der Waals surface area contributed by atoms with E-state index in [1.807, 2.05) is 98.8 Å². The SMILES string of the molecule is Cc1cc(C)c(CP(Oc2ccccc2C)Oc2ccccc2C)c(-c2cc(C)cc(C)c2OP(Oc2ccccc2C)Oc2ccccc2C)c1. The zero-order chi connectivity index (χ0) is 36.8. The zero-order valence-electron chi connectivity index (χ0n) is 31.2. The Morgan fingerprint density at radius 1 is 0.385 bits per heavy atom. The second-order valence-electron chi connectivity index (χ2n) is 13.3. The summed E-state index contributed by atoms with van der Waals surface area (Å²) in [6.07, 6.45) is 0.556. The average molecular weight is 729 g/mol. The van der Waals surface area contributed by atoms with Crippen LogP contribution in [0.3, 0.4) is 0 Å². The predicted molar refractivity (Wildman–Crippen MR) is 216 cm³/mol. The van der Waals surface area contributed by atoms with Gasteiger partial charge >= 0.3 is 8.60 Å². The van der Waals surface area contributed by atoms with Gasteiger partial charge < -0.3 is 22.6 Å². The van der Waals surface area contributed by atoms with Crippen LogP contribution in [-0.4, -0.2) is 0 Å². The van der Waals surface area contributed by atoms with Crippen molar-refractivity contribution in [2.75, 3.05) is 0 Å². The van der Waals surface area contributed by atoms with Gasteiger partial charge in [0.1, 0.15) is 28.7 Å². The molecule has 0 aliphatic heterocycles. The molecule has 0 aliphatic rings. The number of hydrogen-bond acceptors (Lipinski definition) is 5. The highest BCUT2D eigenvalue weighted by Gasteiger charge is 2.28. The summed E-state index contributed by atoms with van der Waals surface area (Å²) >= 11 is 0. The van der Waals surface area contributed by atoms with Gasteiger partial charge in [-0.1, -0.05) is 96.6 Å². The van der Waals surface area contributed by atoms with Crippen LogP contribution in [0.15, 0.2) is 121 Å². The van der Waals surface area contributed by atoms with E-state index in [9.17, 15) is 0 Å². The molecule has 0 radical (unpaired) electrons. The van der Waals surface area contributed by atoms with E-state index in [2.05, 4.69) is 77.9 Å². The van der Waals surface area contributed by atoms with Gasteiger partial charge in [0.05, 0.1) is 6.16 Å². The molecule has 7 heteroatoms. The van der Waals surface area contributed by atoms with E-state index in [1.54, 1.807) is 0 Å². The van der Waals surface area contributed by atoms with Gasteiger partial charge in [-0.15, -0.1) is 0 Å². The van der Waals surface area contributed by atoms with E-state index in [-0.39, 0.29) is 0 Å². The van der Waals surface area contributed by atoms with E-state index in [0.29, 0.717) is 23.4 Å². The van der Waals surface area contributed by atoms with Crippen LogP contribution in [0.5, 0.6) is 28.7 Å². The second kappa shape index (κ2) is 16.7. The molecule has 0 saturated carbocycles. The zero-order valence-corrected chi connectivity index (χ0v) is 33.0. The summed E-state index contributed by atoms with van der Waals surface area (Å²) < 4.78 is 33.6. The fraction of sp³-hybridized carbons (Fsp3) is 0.200. The molecular formula is C45H46O5P2. The van der Waals surface area contributed by atoms with Gasteiger partial charge in [-0.3, -0.25) is 0 Å². The van der Waals surface area contributed by atoms with Crippen molar-refractivity contribution < 1.29 is 22.6 Å². The lowest BCUT2D eigenvalue weighted by molar-refractivity contribution is 0.385. The van der Waals surface area contributed by atoms with E-state index >= 15 is 0 Å². The summed E-state index contributed by atoms with van der Waals surface area (Å²) in [5, 5.41) is 0. The van der Waals surface area contributed by atoms with Crippen molar-refractivity contribution in [3.05, 3.63) is 171 Å². The van der Waals surface area contributed by atoms with Crippen molar-refractivity contribution in [3.63, 3.8) is 0 Å². The van der Waals surface area contributed by atoms with Gasteiger partial charge in [0.25, 0.3) is 8.38 Å². The Bertz CT molecular complexity index is 1930. The lowest BCUT2D eigenvalue weighted by atomic mass is 9.92. The molecule has 0 aliphatic carbocycles. The third-order valence-electron chi connectivity index (χ3n) is 8.90. The summed E-state index contributed by atoms with van der Waals surface area (Å²) in [5.74, 6) is 3.78. The average Bonchev–Trinajstić information content (AvgIpc) is 3.10.